The zero-order chi connectivity index (χ0) is 13.7. The first-order valence-electron chi connectivity index (χ1n) is 6.22. The standard InChI is InChI=1S/C13H17FN4O/c1-2-5-18-13(16-9-17-18)8-19-12-4-3-10(7-15)6-11(12)14/h3-4,6,9H,2,5,7-8,15H2,1H3. The highest BCUT2D eigenvalue weighted by molar-refractivity contribution is 5.29. The van der Waals surface area contributed by atoms with Gasteiger partial charge in [0.2, 0.25) is 0 Å². The van der Waals surface area contributed by atoms with E-state index in [0.717, 1.165) is 18.5 Å². The molecule has 0 unspecified atom stereocenters. The average molecular weight is 264 g/mol. The number of rotatable bonds is 6. The predicted octanol–water partition coefficient (Wildman–Crippen LogP) is 1.86. The molecule has 1 aromatic carbocycles. The van der Waals surface area contributed by atoms with Crippen molar-refractivity contribution in [2.45, 2.75) is 33.0 Å². The van der Waals surface area contributed by atoms with Gasteiger partial charge in [-0.25, -0.2) is 14.1 Å². The normalized spacial score (nSPS) is 10.7. The molecule has 6 heteroatoms. The molecule has 0 bridgehead atoms. The first kappa shape index (κ1) is 13.5. The molecule has 19 heavy (non-hydrogen) atoms. The Morgan fingerprint density at radius 1 is 1.42 bits per heavy atom. The van der Waals surface area contributed by atoms with Crippen molar-refractivity contribution in [3.63, 3.8) is 0 Å². The van der Waals surface area contributed by atoms with E-state index >= 15 is 0 Å². The van der Waals surface area contributed by atoms with Gasteiger partial charge in [-0.1, -0.05) is 13.0 Å². The second-order valence-electron chi connectivity index (χ2n) is 4.16. The minimum Gasteiger partial charge on any atom is -0.483 e. The molecule has 1 heterocycles. The molecule has 102 valence electrons. The minimum atomic E-state index is -0.412. The van der Waals surface area contributed by atoms with E-state index in [-0.39, 0.29) is 12.4 Å². The summed E-state index contributed by atoms with van der Waals surface area (Å²) < 4.78 is 20.9. The lowest BCUT2D eigenvalue weighted by atomic mass is 10.2. The van der Waals surface area contributed by atoms with E-state index in [2.05, 4.69) is 17.0 Å². The first-order valence-corrected chi connectivity index (χ1v) is 6.22. The number of nitrogens with two attached hydrogens (primary N) is 1. The number of aromatic nitrogens is 3. The van der Waals surface area contributed by atoms with E-state index in [0.29, 0.717) is 12.4 Å². The van der Waals surface area contributed by atoms with Crippen molar-refractivity contribution < 1.29 is 9.13 Å². The minimum absolute atomic E-state index is 0.193. The summed E-state index contributed by atoms with van der Waals surface area (Å²) in [4.78, 5) is 4.10. The number of benzene rings is 1. The molecule has 0 spiro atoms. The highest BCUT2D eigenvalue weighted by atomic mass is 19.1. The monoisotopic (exact) mass is 264 g/mol. The molecule has 0 radical (unpaired) electrons. The molecule has 0 saturated carbocycles. The Hall–Kier alpha value is -1.95. The molecule has 0 amide bonds. The van der Waals surface area contributed by atoms with Gasteiger partial charge in [0.25, 0.3) is 0 Å². The second kappa shape index (κ2) is 6.29. The zero-order valence-corrected chi connectivity index (χ0v) is 10.8. The summed E-state index contributed by atoms with van der Waals surface area (Å²) in [6.07, 6.45) is 2.43. The Bertz CT molecular complexity index is 541. The van der Waals surface area contributed by atoms with Crippen molar-refractivity contribution in [1.82, 2.24) is 14.8 Å². The topological polar surface area (TPSA) is 66.0 Å². The Morgan fingerprint density at radius 2 is 2.26 bits per heavy atom. The van der Waals surface area contributed by atoms with E-state index in [4.69, 9.17) is 10.5 Å². The summed E-state index contributed by atoms with van der Waals surface area (Å²) in [6.45, 7) is 3.33. The smallest absolute Gasteiger partial charge is 0.165 e. The first-order chi connectivity index (χ1) is 9.24. The zero-order valence-electron chi connectivity index (χ0n) is 10.8. The van der Waals surface area contributed by atoms with Gasteiger partial charge in [-0.05, 0) is 24.1 Å². The fourth-order valence-corrected chi connectivity index (χ4v) is 1.73. The maximum Gasteiger partial charge on any atom is 0.165 e. The molecule has 0 atom stereocenters. The number of hydrogen-bond acceptors (Lipinski definition) is 4. The van der Waals surface area contributed by atoms with Gasteiger partial charge in [0.15, 0.2) is 17.4 Å². The summed E-state index contributed by atoms with van der Waals surface area (Å²) in [6, 6.07) is 4.71. The van der Waals surface area contributed by atoms with Crippen molar-refractivity contribution >= 4 is 0 Å². The lowest BCUT2D eigenvalue weighted by Crippen LogP contribution is -2.09. The van der Waals surface area contributed by atoms with E-state index in [9.17, 15) is 4.39 Å². The highest BCUT2D eigenvalue weighted by Gasteiger charge is 2.08. The van der Waals surface area contributed by atoms with Crippen LogP contribution in [-0.2, 0) is 19.7 Å². The van der Waals surface area contributed by atoms with Crippen molar-refractivity contribution in [2.24, 2.45) is 5.73 Å². The molecular weight excluding hydrogens is 247 g/mol. The fourth-order valence-electron chi connectivity index (χ4n) is 1.73. The molecular formula is C13H17FN4O. The van der Waals surface area contributed by atoms with E-state index < -0.39 is 5.82 Å². The highest BCUT2D eigenvalue weighted by Crippen LogP contribution is 2.19. The van der Waals surface area contributed by atoms with Crippen LogP contribution in [0.4, 0.5) is 4.39 Å². The van der Waals surface area contributed by atoms with Crippen LogP contribution in [0.25, 0.3) is 0 Å². The molecule has 1 aromatic heterocycles. The number of halogens is 1. The van der Waals surface area contributed by atoms with Gasteiger partial charge in [0.05, 0.1) is 0 Å². The predicted molar refractivity (Wildman–Crippen MR) is 68.9 cm³/mol. The van der Waals surface area contributed by atoms with Crippen molar-refractivity contribution in [3.8, 4) is 5.75 Å². The van der Waals surface area contributed by atoms with Crippen molar-refractivity contribution in [3.05, 3.63) is 41.7 Å². The van der Waals surface area contributed by atoms with Gasteiger partial charge < -0.3 is 10.5 Å². The van der Waals surface area contributed by atoms with E-state index in [1.165, 1.54) is 12.4 Å². The van der Waals surface area contributed by atoms with Crippen molar-refractivity contribution in [2.75, 3.05) is 0 Å². The summed E-state index contributed by atoms with van der Waals surface area (Å²) in [5.41, 5.74) is 6.18. The molecule has 2 aromatic rings. The van der Waals surface area contributed by atoms with Crippen LogP contribution in [0.3, 0.4) is 0 Å². The number of hydrogen-bond donors (Lipinski definition) is 1. The summed E-state index contributed by atoms with van der Waals surface area (Å²) in [5.74, 6) is 0.469. The molecule has 0 aliphatic rings. The van der Waals surface area contributed by atoms with Gasteiger partial charge >= 0.3 is 0 Å². The largest absolute Gasteiger partial charge is 0.483 e. The lowest BCUT2D eigenvalue weighted by Gasteiger charge is -2.08. The van der Waals surface area contributed by atoms with Gasteiger partial charge in [0, 0.05) is 13.1 Å². The molecule has 0 saturated heterocycles. The maximum absolute atomic E-state index is 13.7. The van der Waals surface area contributed by atoms with E-state index in [1.54, 1.807) is 16.8 Å². The Balaban J connectivity index is 2.04. The Morgan fingerprint density at radius 3 is 2.95 bits per heavy atom. The van der Waals surface area contributed by atoms with Crippen LogP contribution < -0.4 is 10.5 Å². The molecule has 2 rings (SSSR count). The summed E-state index contributed by atoms with van der Waals surface area (Å²) >= 11 is 0. The quantitative estimate of drug-likeness (QED) is 0.865. The molecule has 5 nitrogen and oxygen atoms in total. The van der Waals surface area contributed by atoms with Crippen LogP contribution in [-0.4, -0.2) is 14.8 Å². The maximum atomic E-state index is 13.7. The molecule has 0 fully saturated rings. The molecule has 2 N–H and O–H groups in total. The van der Waals surface area contributed by atoms with Crippen LogP contribution in [0.5, 0.6) is 5.75 Å². The van der Waals surface area contributed by atoms with Crippen LogP contribution in [0.1, 0.15) is 24.7 Å². The Labute approximate surface area is 111 Å². The third-order valence-electron chi connectivity index (χ3n) is 2.72. The lowest BCUT2D eigenvalue weighted by molar-refractivity contribution is 0.272. The van der Waals surface area contributed by atoms with Gasteiger partial charge in [-0.3, -0.25) is 0 Å². The van der Waals surface area contributed by atoms with Gasteiger partial charge in [0.1, 0.15) is 12.9 Å². The second-order valence-corrected chi connectivity index (χ2v) is 4.16. The average Bonchev–Trinajstić information content (AvgIpc) is 2.85. The van der Waals surface area contributed by atoms with Gasteiger partial charge in [-0.15, -0.1) is 0 Å². The third kappa shape index (κ3) is 3.29. The van der Waals surface area contributed by atoms with Gasteiger partial charge in [-0.2, -0.15) is 5.10 Å². The Kier molecular flexibility index (Phi) is 4.46. The van der Waals surface area contributed by atoms with Crippen LogP contribution >= 0.6 is 0 Å². The van der Waals surface area contributed by atoms with Crippen LogP contribution in [0.2, 0.25) is 0 Å². The van der Waals surface area contributed by atoms with E-state index in [1.807, 2.05) is 0 Å². The SMILES string of the molecule is CCCn1ncnc1COc1ccc(CN)cc1F. The van der Waals surface area contributed by atoms with Crippen LogP contribution in [0, 0.1) is 5.82 Å². The van der Waals surface area contributed by atoms with Crippen molar-refractivity contribution in [1.29, 1.82) is 0 Å². The summed E-state index contributed by atoms with van der Waals surface area (Å²) in [7, 11) is 0. The van der Waals surface area contributed by atoms with Crippen LogP contribution in [0.15, 0.2) is 24.5 Å². The fraction of sp³-hybridized carbons (Fsp3) is 0.385. The summed E-state index contributed by atoms with van der Waals surface area (Å²) in [5, 5.41) is 4.08. The number of aryl methyl sites for hydroxylation is 1. The number of ether oxygens (including phenoxy) is 1. The number of nitrogens with zero attached hydrogens (tertiary/aromatic N) is 3. The molecule has 0 aliphatic heterocycles. The molecule has 0 aliphatic carbocycles. The third-order valence-corrected chi connectivity index (χ3v) is 2.72.